The zero-order valence-electron chi connectivity index (χ0n) is 8.46. The van der Waals surface area contributed by atoms with Crippen molar-refractivity contribution < 1.29 is 0 Å². The van der Waals surface area contributed by atoms with E-state index in [0.29, 0.717) is 0 Å². The molecule has 1 aromatic carbocycles. The molecule has 1 aliphatic rings. The summed E-state index contributed by atoms with van der Waals surface area (Å²) < 4.78 is 1.14. The first-order valence-corrected chi connectivity index (χ1v) is 5.99. The predicted octanol–water partition coefficient (Wildman–Crippen LogP) is 3.56. The summed E-state index contributed by atoms with van der Waals surface area (Å²) in [7, 11) is 0. The summed E-state index contributed by atoms with van der Waals surface area (Å²) in [5.74, 6) is 0.717. The normalized spacial score (nSPS) is 19.1. The lowest BCUT2D eigenvalue weighted by Gasteiger charge is -2.32. The molecule has 0 aromatic heterocycles. The average molecular weight is 254 g/mol. The van der Waals surface area contributed by atoms with E-state index in [-0.39, 0.29) is 6.04 Å². The van der Waals surface area contributed by atoms with Gasteiger partial charge in [0, 0.05) is 10.5 Å². The van der Waals surface area contributed by atoms with Crippen LogP contribution in [0.3, 0.4) is 0 Å². The van der Waals surface area contributed by atoms with E-state index in [1.165, 1.54) is 30.4 Å². The zero-order chi connectivity index (χ0) is 10.1. The van der Waals surface area contributed by atoms with Crippen molar-refractivity contribution in [1.82, 2.24) is 0 Å². The molecule has 1 nitrogen and oxygen atoms in total. The number of benzene rings is 1. The first-order valence-electron chi connectivity index (χ1n) is 5.20. The van der Waals surface area contributed by atoms with Crippen molar-refractivity contribution >= 4 is 15.9 Å². The fourth-order valence-corrected chi connectivity index (χ4v) is 2.54. The van der Waals surface area contributed by atoms with E-state index < -0.39 is 0 Å². The van der Waals surface area contributed by atoms with Gasteiger partial charge in [-0.2, -0.15) is 0 Å². The molecular formula is C12H16BrN. The fraction of sp³-hybridized carbons (Fsp3) is 0.500. The second-order valence-corrected chi connectivity index (χ2v) is 5.13. The Kier molecular flexibility index (Phi) is 2.93. The molecule has 2 rings (SSSR count). The molecule has 0 aliphatic heterocycles. The minimum absolute atomic E-state index is 0.247. The van der Waals surface area contributed by atoms with Gasteiger partial charge in [-0.05, 0) is 48.9 Å². The molecule has 1 atom stereocenters. The van der Waals surface area contributed by atoms with Crippen LogP contribution in [0.1, 0.15) is 36.4 Å². The lowest BCUT2D eigenvalue weighted by molar-refractivity contribution is 0.264. The number of aryl methyl sites for hydroxylation is 1. The Labute approximate surface area is 93.8 Å². The molecule has 0 unspecified atom stereocenters. The van der Waals surface area contributed by atoms with Crippen molar-refractivity contribution in [2.45, 2.75) is 32.2 Å². The van der Waals surface area contributed by atoms with Crippen molar-refractivity contribution in [3.8, 4) is 0 Å². The van der Waals surface area contributed by atoms with Crippen LogP contribution in [0.5, 0.6) is 0 Å². The number of hydrogen-bond donors (Lipinski definition) is 1. The van der Waals surface area contributed by atoms with Crippen molar-refractivity contribution in [1.29, 1.82) is 0 Å². The second kappa shape index (κ2) is 4.03. The summed E-state index contributed by atoms with van der Waals surface area (Å²) in [4.78, 5) is 0. The molecule has 0 amide bonds. The van der Waals surface area contributed by atoms with Crippen molar-refractivity contribution in [2.24, 2.45) is 11.7 Å². The van der Waals surface area contributed by atoms with Gasteiger partial charge < -0.3 is 5.73 Å². The van der Waals surface area contributed by atoms with Crippen LogP contribution in [-0.4, -0.2) is 0 Å². The van der Waals surface area contributed by atoms with Gasteiger partial charge in [0.2, 0.25) is 0 Å². The lowest BCUT2D eigenvalue weighted by atomic mass is 9.77. The first kappa shape index (κ1) is 10.2. The third-order valence-corrected chi connectivity index (χ3v) is 3.74. The quantitative estimate of drug-likeness (QED) is 0.858. The average Bonchev–Trinajstić information content (AvgIpc) is 2.00. The molecule has 1 aliphatic carbocycles. The van der Waals surface area contributed by atoms with Crippen molar-refractivity contribution in [2.75, 3.05) is 0 Å². The maximum absolute atomic E-state index is 6.24. The summed E-state index contributed by atoms with van der Waals surface area (Å²) in [6.07, 6.45) is 3.96. The Bertz CT molecular complexity index is 331. The highest BCUT2D eigenvalue weighted by atomic mass is 79.9. The van der Waals surface area contributed by atoms with Crippen molar-refractivity contribution in [3.05, 3.63) is 33.8 Å². The molecule has 2 heteroatoms. The van der Waals surface area contributed by atoms with Crippen LogP contribution in [-0.2, 0) is 0 Å². The standard InChI is InChI=1S/C12H16BrN/c1-8-7-10(13)5-6-11(8)12(14)9-3-2-4-9/h5-7,9,12H,2-4,14H2,1H3/t12-/m1/s1. The highest BCUT2D eigenvalue weighted by Gasteiger charge is 2.26. The summed E-state index contributed by atoms with van der Waals surface area (Å²) >= 11 is 3.47. The molecule has 76 valence electrons. The number of halogens is 1. The van der Waals surface area contributed by atoms with Crippen molar-refractivity contribution in [3.63, 3.8) is 0 Å². The van der Waals surface area contributed by atoms with Crippen LogP contribution >= 0.6 is 15.9 Å². The number of nitrogens with two attached hydrogens (primary N) is 1. The van der Waals surface area contributed by atoms with Gasteiger partial charge >= 0.3 is 0 Å². The first-order chi connectivity index (χ1) is 6.68. The van der Waals surface area contributed by atoms with E-state index in [0.717, 1.165) is 10.4 Å². The minimum atomic E-state index is 0.247. The van der Waals surface area contributed by atoms with Crippen LogP contribution in [0.25, 0.3) is 0 Å². The zero-order valence-corrected chi connectivity index (χ0v) is 10.0. The third kappa shape index (κ3) is 1.86. The summed E-state index contributed by atoms with van der Waals surface area (Å²) in [6.45, 7) is 2.14. The Morgan fingerprint density at radius 2 is 2.14 bits per heavy atom. The van der Waals surface area contributed by atoms with Crippen LogP contribution in [0.15, 0.2) is 22.7 Å². The van der Waals surface area contributed by atoms with Gasteiger partial charge in [0.05, 0.1) is 0 Å². The molecule has 1 saturated carbocycles. The smallest absolute Gasteiger partial charge is 0.0326 e. The lowest BCUT2D eigenvalue weighted by Crippen LogP contribution is -2.27. The Balaban J connectivity index is 2.22. The molecule has 0 saturated heterocycles. The van der Waals surface area contributed by atoms with Crippen LogP contribution < -0.4 is 5.73 Å². The molecule has 1 fully saturated rings. The third-order valence-electron chi connectivity index (χ3n) is 3.25. The number of hydrogen-bond acceptors (Lipinski definition) is 1. The van der Waals surface area contributed by atoms with E-state index >= 15 is 0 Å². The maximum Gasteiger partial charge on any atom is 0.0326 e. The van der Waals surface area contributed by atoms with Gasteiger partial charge in [0.25, 0.3) is 0 Å². The Morgan fingerprint density at radius 1 is 1.43 bits per heavy atom. The second-order valence-electron chi connectivity index (χ2n) is 4.22. The maximum atomic E-state index is 6.24. The molecular weight excluding hydrogens is 238 g/mol. The van der Waals surface area contributed by atoms with Gasteiger partial charge in [-0.1, -0.05) is 28.4 Å². The summed E-state index contributed by atoms with van der Waals surface area (Å²) in [6, 6.07) is 6.63. The topological polar surface area (TPSA) is 26.0 Å². The summed E-state index contributed by atoms with van der Waals surface area (Å²) in [5, 5.41) is 0. The molecule has 0 bridgehead atoms. The van der Waals surface area contributed by atoms with E-state index in [9.17, 15) is 0 Å². The van der Waals surface area contributed by atoms with E-state index in [2.05, 4.69) is 41.1 Å². The monoisotopic (exact) mass is 253 g/mol. The van der Waals surface area contributed by atoms with E-state index in [1.54, 1.807) is 0 Å². The Hall–Kier alpha value is -0.340. The fourth-order valence-electron chi connectivity index (χ4n) is 2.07. The molecule has 2 N–H and O–H groups in total. The number of rotatable bonds is 2. The SMILES string of the molecule is Cc1cc(Br)ccc1[C@H](N)C1CCC1. The van der Waals surface area contributed by atoms with E-state index in [4.69, 9.17) is 5.73 Å². The van der Waals surface area contributed by atoms with E-state index in [1.807, 2.05) is 0 Å². The van der Waals surface area contributed by atoms with Gasteiger partial charge in [0.15, 0.2) is 0 Å². The molecule has 0 radical (unpaired) electrons. The van der Waals surface area contributed by atoms with Gasteiger partial charge in [0.1, 0.15) is 0 Å². The molecule has 0 heterocycles. The highest BCUT2D eigenvalue weighted by Crippen LogP contribution is 2.37. The van der Waals surface area contributed by atoms with Gasteiger partial charge in [-0.15, -0.1) is 0 Å². The minimum Gasteiger partial charge on any atom is -0.324 e. The van der Waals surface area contributed by atoms with Crippen LogP contribution in [0.4, 0.5) is 0 Å². The van der Waals surface area contributed by atoms with Gasteiger partial charge in [-0.3, -0.25) is 0 Å². The molecule has 1 aromatic rings. The van der Waals surface area contributed by atoms with Gasteiger partial charge in [-0.25, -0.2) is 0 Å². The molecule has 0 spiro atoms. The van der Waals surface area contributed by atoms with Crippen LogP contribution in [0.2, 0.25) is 0 Å². The predicted molar refractivity (Wildman–Crippen MR) is 63.1 cm³/mol. The Morgan fingerprint density at radius 3 is 2.64 bits per heavy atom. The molecule has 14 heavy (non-hydrogen) atoms. The largest absolute Gasteiger partial charge is 0.324 e. The highest BCUT2D eigenvalue weighted by molar-refractivity contribution is 9.10. The summed E-state index contributed by atoms with van der Waals surface area (Å²) in [5.41, 5.74) is 8.86. The van der Waals surface area contributed by atoms with Crippen LogP contribution in [0, 0.1) is 12.8 Å².